The van der Waals surface area contributed by atoms with Crippen molar-refractivity contribution in [3.8, 4) is 0 Å². The zero-order valence-corrected chi connectivity index (χ0v) is 27.1. The number of aromatic nitrogens is 2. The molecule has 6 nitrogen and oxygen atoms in total. The molecular formula is C39H29N3O3S2. The summed E-state index contributed by atoms with van der Waals surface area (Å²) in [7, 11) is 0. The fourth-order valence-corrected chi connectivity index (χ4v) is 8.25. The molecule has 0 saturated heterocycles. The summed E-state index contributed by atoms with van der Waals surface area (Å²) in [6, 6.07) is 36.0. The van der Waals surface area contributed by atoms with Crippen LogP contribution in [0.1, 0.15) is 34.5 Å². The smallest absolute Gasteiger partial charge is 0.338 e. The Balaban J connectivity index is 1.31. The molecule has 47 heavy (non-hydrogen) atoms. The maximum atomic E-state index is 14.4. The number of hydrogen-bond donors (Lipinski definition) is 0. The van der Waals surface area contributed by atoms with Crippen LogP contribution < -0.4 is 14.9 Å². The highest BCUT2D eigenvalue weighted by Crippen LogP contribution is 2.37. The van der Waals surface area contributed by atoms with E-state index in [2.05, 4.69) is 65.4 Å². The molecule has 0 fully saturated rings. The number of thiazole rings is 1. The minimum Gasteiger partial charge on any atom is -0.463 e. The quantitative estimate of drug-likeness (QED) is 0.172. The summed E-state index contributed by atoms with van der Waals surface area (Å²) in [5.41, 5.74) is 4.77. The third kappa shape index (κ3) is 5.16. The molecule has 1 aliphatic heterocycles. The van der Waals surface area contributed by atoms with Gasteiger partial charge in [-0.15, -0.1) is 11.3 Å². The summed E-state index contributed by atoms with van der Waals surface area (Å²) in [6.45, 7) is 2.69. The van der Waals surface area contributed by atoms with Gasteiger partial charge in [-0.2, -0.15) is 0 Å². The van der Waals surface area contributed by atoms with Gasteiger partial charge in [-0.3, -0.25) is 9.36 Å². The van der Waals surface area contributed by atoms with Crippen LogP contribution in [0.3, 0.4) is 0 Å². The summed E-state index contributed by atoms with van der Waals surface area (Å²) in [5, 5.41) is 5.45. The van der Waals surface area contributed by atoms with Gasteiger partial charge in [0.1, 0.15) is 6.04 Å². The van der Waals surface area contributed by atoms with Crippen molar-refractivity contribution >= 4 is 62.1 Å². The van der Waals surface area contributed by atoms with Gasteiger partial charge in [0.15, 0.2) is 4.80 Å². The van der Waals surface area contributed by atoms with Crippen molar-refractivity contribution in [2.45, 2.75) is 19.5 Å². The predicted molar refractivity (Wildman–Crippen MR) is 190 cm³/mol. The van der Waals surface area contributed by atoms with Gasteiger partial charge in [0.25, 0.3) is 5.56 Å². The molecule has 1 atom stereocenters. The monoisotopic (exact) mass is 651 g/mol. The highest BCUT2D eigenvalue weighted by atomic mass is 32.1. The van der Waals surface area contributed by atoms with Gasteiger partial charge in [0, 0.05) is 39.6 Å². The van der Waals surface area contributed by atoms with Crippen LogP contribution in [-0.2, 0) is 16.1 Å². The third-order valence-electron chi connectivity index (χ3n) is 8.51. The highest BCUT2D eigenvalue weighted by molar-refractivity contribution is 7.10. The van der Waals surface area contributed by atoms with Crippen molar-refractivity contribution < 1.29 is 9.53 Å². The summed E-state index contributed by atoms with van der Waals surface area (Å²) in [6.07, 6.45) is 4.09. The largest absolute Gasteiger partial charge is 0.463 e. The van der Waals surface area contributed by atoms with E-state index in [9.17, 15) is 9.59 Å². The summed E-state index contributed by atoms with van der Waals surface area (Å²) < 4.78 is 10.0. The molecule has 1 aliphatic rings. The fraction of sp³-hybridized carbons (Fsp3) is 0.103. The summed E-state index contributed by atoms with van der Waals surface area (Å²) in [4.78, 5) is 34.4. The first-order chi connectivity index (χ1) is 23.1. The number of nitrogens with zero attached hydrogens (tertiary/aromatic N) is 3. The second-order valence-corrected chi connectivity index (χ2v) is 13.3. The normalized spacial score (nSPS) is 14.8. The number of carbonyl (C=O) groups is 1. The molecule has 0 N–H and O–H groups in total. The Labute approximate surface area is 278 Å². The second kappa shape index (κ2) is 12.1. The van der Waals surface area contributed by atoms with E-state index in [0.717, 1.165) is 26.9 Å². The molecule has 0 radical (unpaired) electrons. The molecule has 8 rings (SSSR count). The minimum absolute atomic E-state index is 0.188. The van der Waals surface area contributed by atoms with Crippen molar-refractivity contribution in [1.82, 2.24) is 9.13 Å². The van der Waals surface area contributed by atoms with Gasteiger partial charge >= 0.3 is 5.97 Å². The van der Waals surface area contributed by atoms with Gasteiger partial charge < -0.3 is 9.30 Å². The third-order valence-corrected chi connectivity index (χ3v) is 10.4. The highest BCUT2D eigenvalue weighted by Gasteiger charge is 2.35. The van der Waals surface area contributed by atoms with Crippen molar-refractivity contribution in [2.24, 2.45) is 4.99 Å². The van der Waals surface area contributed by atoms with Crippen LogP contribution in [-0.4, -0.2) is 21.7 Å². The number of carbonyl (C=O) groups excluding carboxylic acids is 1. The van der Waals surface area contributed by atoms with Gasteiger partial charge in [-0.1, -0.05) is 108 Å². The first kappa shape index (κ1) is 29.1. The molecule has 4 heterocycles. The molecule has 0 aliphatic carbocycles. The van der Waals surface area contributed by atoms with Gasteiger partial charge in [0.2, 0.25) is 0 Å². The molecule has 230 valence electrons. The topological polar surface area (TPSA) is 65.6 Å². The Morgan fingerprint density at radius 2 is 1.66 bits per heavy atom. The Morgan fingerprint density at radius 1 is 0.894 bits per heavy atom. The molecule has 1 unspecified atom stereocenters. The maximum Gasteiger partial charge on any atom is 0.338 e. The lowest BCUT2D eigenvalue weighted by Crippen LogP contribution is -2.39. The van der Waals surface area contributed by atoms with Gasteiger partial charge in [-0.25, -0.2) is 9.79 Å². The number of thiophene rings is 1. The Morgan fingerprint density at radius 3 is 2.47 bits per heavy atom. The second-order valence-electron chi connectivity index (χ2n) is 11.3. The Hall–Kier alpha value is -5.31. The molecule has 0 bridgehead atoms. The number of para-hydroxylation sites is 1. The Kier molecular flexibility index (Phi) is 7.52. The van der Waals surface area contributed by atoms with E-state index in [0.29, 0.717) is 27.1 Å². The first-order valence-electron chi connectivity index (χ1n) is 15.5. The van der Waals surface area contributed by atoms with Crippen molar-refractivity contribution in [2.75, 3.05) is 6.61 Å². The average Bonchev–Trinajstić information content (AvgIpc) is 3.84. The lowest BCUT2D eigenvalue weighted by Gasteiger charge is -2.24. The average molecular weight is 652 g/mol. The van der Waals surface area contributed by atoms with Crippen molar-refractivity contribution in [3.05, 3.63) is 168 Å². The van der Waals surface area contributed by atoms with Crippen LogP contribution in [0.2, 0.25) is 0 Å². The van der Waals surface area contributed by atoms with E-state index in [4.69, 9.17) is 9.73 Å². The lowest BCUT2D eigenvalue weighted by atomic mass is 9.97. The predicted octanol–water partition coefficient (Wildman–Crippen LogP) is 7.15. The molecule has 0 spiro atoms. The number of ether oxygens (including phenoxy) is 1. The molecule has 3 aromatic heterocycles. The van der Waals surface area contributed by atoms with E-state index in [1.165, 1.54) is 39.0 Å². The number of hydrogen-bond acceptors (Lipinski definition) is 6. The van der Waals surface area contributed by atoms with Crippen LogP contribution >= 0.6 is 22.7 Å². The molecular weight excluding hydrogens is 623 g/mol. The van der Waals surface area contributed by atoms with E-state index in [1.807, 2.05) is 66.1 Å². The molecule has 0 amide bonds. The molecule has 8 heteroatoms. The molecule has 0 saturated carbocycles. The number of rotatable bonds is 7. The zero-order chi connectivity index (χ0) is 31.9. The van der Waals surface area contributed by atoms with Gasteiger partial charge in [0.05, 0.1) is 22.4 Å². The minimum atomic E-state index is -0.657. The number of esters is 1. The van der Waals surface area contributed by atoms with Crippen LogP contribution in [0.25, 0.3) is 33.4 Å². The van der Waals surface area contributed by atoms with Gasteiger partial charge in [-0.05, 0) is 46.8 Å². The number of benzene rings is 4. The standard InChI is InChI=1S/C39H29N3O3S2/c1-2-45-38(44)34-35(26-13-4-3-5-14-26)40-39-42(36(34)32-20-11-21-46-32)37(43)33(47-39)22-28-24-41(31-19-9-8-18-30(28)31)23-27-16-10-15-25-12-6-7-17-29(25)27/h3-22,24,36H,2,23H2,1H3. The van der Waals surface area contributed by atoms with Crippen molar-refractivity contribution in [3.63, 3.8) is 0 Å². The first-order valence-corrected chi connectivity index (χ1v) is 17.2. The van der Waals surface area contributed by atoms with E-state index in [1.54, 1.807) is 11.5 Å². The van der Waals surface area contributed by atoms with E-state index in [-0.39, 0.29) is 12.2 Å². The van der Waals surface area contributed by atoms with Crippen LogP contribution in [0.15, 0.2) is 136 Å². The Bertz CT molecular complexity index is 2500. The summed E-state index contributed by atoms with van der Waals surface area (Å²) >= 11 is 2.85. The van der Waals surface area contributed by atoms with Crippen molar-refractivity contribution in [1.29, 1.82) is 0 Å². The fourth-order valence-electron chi connectivity index (χ4n) is 6.43. The summed E-state index contributed by atoms with van der Waals surface area (Å²) in [5.74, 6) is -0.473. The number of fused-ring (bicyclic) bond motifs is 3. The van der Waals surface area contributed by atoms with E-state index >= 15 is 0 Å². The molecule has 4 aromatic carbocycles. The van der Waals surface area contributed by atoms with Crippen LogP contribution in [0.5, 0.6) is 0 Å². The maximum absolute atomic E-state index is 14.4. The van der Waals surface area contributed by atoms with Crippen LogP contribution in [0.4, 0.5) is 0 Å². The zero-order valence-electron chi connectivity index (χ0n) is 25.5. The SMILES string of the molecule is CCOC(=O)C1=C(c2ccccc2)N=c2sc(=Cc3cn(Cc4cccc5ccccc45)c4ccccc34)c(=O)n2C1c1cccs1. The molecule has 7 aromatic rings. The lowest BCUT2D eigenvalue weighted by molar-refractivity contribution is -0.138. The van der Waals surface area contributed by atoms with Crippen LogP contribution in [0, 0.1) is 0 Å². The van der Waals surface area contributed by atoms with E-state index < -0.39 is 12.0 Å².